The van der Waals surface area contributed by atoms with E-state index in [-0.39, 0.29) is 18.4 Å². The Kier molecular flexibility index (Phi) is 6.07. The first-order valence-corrected chi connectivity index (χ1v) is 9.90. The Balaban J connectivity index is 1.33. The van der Waals surface area contributed by atoms with Gasteiger partial charge < -0.3 is 19.7 Å². The highest BCUT2D eigenvalue weighted by Gasteiger charge is 2.25. The van der Waals surface area contributed by atoms with Crippen molar-refractivity contribution in [1.82, 2.24) is 10.2 Å². The van der Waals surface area contributed by atoms with E-state index in [9.17, 15) is 9.59 Å². The lowest BCUT2D eigenvalue weighted by Gasteiger charge is -2.29. The first-order chi connectivity index (χ1) is 14.2. The molecule has 0 radical (unpaired) electrons. The zero-order valence-corrected chi connectivity index (χ0v) is 16.3. The number of carbonyl (C=O) groups excluding carboxylic acids is 2. The predicted octanol–water partition coefficient (Wildman–Crippen LogP) is 1.67. The van der Waals surface area contributed by atoms with Gasteiger partial charge in [-0.25, -0.2) is 0 Å². The molecule has 2 aromatic rings. The molecule has 29 heavy (non-hydrogen) atoms. The first kappa shape index (κ1) is 19.4. The molecule has 0 aromatic heterocycles. The summed E-state index contributed by atoms with van der Waals surface area (Å²) < 4.78 is 10.8. The Morgan fingerprint density at radius 1 is 1.03 bits per heavy atom. The minimum atomic E-state index is -0.0856. The smallest absolute Gasteiger partial charge is 0.265 e. The highest BCUT2D eigenvalue weighted by molar-refractivity contribution is 5.98. The Bertz CT molecular complexity index is 863. The fraction of sp³-hybridized carbons (Fsp3) is 0.364. The maximum absolute atomic E-state index is 12.4. The van der Waals surface area contributed by atoms with Gasteiger partial charge >= 0.3 is 0 Å². The molecular formula is C22H25N3O4. The lowest BCUT2D eigenvalue weighted by atomic mass is 10.1. The van der Waals surface area contributed by atoms with Crippen molar-refractivity contribution in [1.29, 1.82) is 0 Å². The van der Waals surface area contributed by atoms with Crippen LogP contribution in [0, 0.1) is 0 Å². The van der Waals surface area contributed by atoms with Crippen LogP contribution in [-0.4, -0.2) is 62.7 Å². The maximum Gasteiger partial charge on any atom is 0.265 e. The van der Waals surface area contributed by atoms with E-state index in [0.29, 0.717) is 24.4 Å². The van der Waals surface area contributed by atoms with Crippen molar-refractivity contribution in [3.05, 3.63) is 59.7 Å². The molecule has 4 rings (SSSR count). The van der Waals surface area contributed by atoms with E-state index in [2.05, 4.69) is 10.2 Å². The molecule has 7 heteroatoms. The van der Waals surface area contributed by atoms with Gasteiger partial charge in [0, 0.05) is 31.7 Å². The molecular weight excluding hydrogens is 370 g/mol. The van der Waals surface area contributed by atoms with E-state index >= 15 is 0 Å². The third-order valence-corrected chi connectivity index (χ3v) is 5.18. The van der Waals surface area contributed by atoms with Gasteiger partial charge in [0.1, 0.15) is 5.75 Å². The molecule has 2 heterocycles. The van der Waals surface area contributed by atoms with Crippen molar-refractivity contribution >= 4 is 17.5 Å². The van der Waals surface area contributed by atoms with Gasteiger partial charge in [0.15, 0.2) is 6.61 Å². The molecule has 1 saturated heterocycles. The highest BCUT2D eigenvalue weighted by atomic mass is 16.5. The lowest BCUT2D eigenvalue weighted by Crippen LogP contribution is -2.41. The summed E-state index contributed by atoms with van der Waals surface area (Å²) in [5.74, 6) is 0.551. The maximum atomic E-state index is 12.4. The third kappa shape index (κ3) is 4.75. The van der Waals surface area contributed by atoms with E-state index in [1.807, 2.05) is 36.4 Å². The van der Waals surface area contributed by atoms with Crippen LogP contribution in [0.1, 0.15) is 15.9 Å². The number of hydrogen-bond acceptors (Lipinski definition) is 5. The third-order valence-electron chi connectivity index (χ3n) is 5.18. The predicted molar refractivity (Wildman–Crippen MR) is 109 cm³/mol. The van der Waals surface area contributed by atoms with Gasteiger partial charge in [-0.2, -0.15) is 0 Å². The zero-order chi connectivity index (χ0) is 20.1. The first-order valence-electron chi connectivity index (χ1n) is 9.90. The van der Waals surface area contributed by atoms with E-state index in [0.717, 1.165) is 44.1 Å². The number of para-hydroxylation sites is 2. The molecule has 2 aromatic carbocycles. The lowest BCUT2D eigenvalue weighted by molar-refractivity contribution is -0.121. The van der Waals surface area contributed by atoms with E-state index in [1.54, 1.807) is 17.0 Å². The molecule has 2 amide bonds. The summed E-state index contributed by atoms with van der Waals surface area (Å²) in [5, 5.41) is 2.96. The van der Waals surface area contributed by atoms with Gasteiger partial charge in [-0.3, -0.25) is 14.5 Å². The average molecular weight is 395 g/mol. The van der Waals surface area contributed by atoms with Crippen molar-refractivity contribution in [2.24, 2.45) is 0 Å². The highest BCUT2D eigenvalue weighted by Crippen LogP contribution is 2.32. The van der Waals surface area contributed by atoms with Gasteiger partial charge in [0.2, 0.25) is 0 Å². The largest absolute Gasteiger partial charge is 0.482 e. The van der Waals surface area contributed by atoms with E-state index in [4.69, 9.17) is 9.47 Å². The number of rotatable bonds is 6. The number of carbonyl (C=O) groups is 2. The van der Waals surface area contributed by atoms with Gasteiger partial charge in [-0.15, -0.1) is 0 Å². The molecule has 1 fully saturated rings. The summed E-state index contributed by atoms with van der Waals surface area (Å²) in [6, 6.07) is 14.9. The standard InChI is InChI=1S/C22H25N3O4/c26-21-16-29-20-4-2-1-3-19(20)25(21)15-17-5-7-18(8-6-17)22(27)23-9-10-24-11-13-28-14-12-24/h1-8H,9-16H2,(H,23,27). The van der Waals surface area contributed by atoms with Crippen molar-refractivity contribution < 1.29 is 19.1 Å². The number of hydrogen-bond donors (Lipinski definition) is 1. The molecule has 0 bridgehead atoms. The fourth-order valence-electron chi connectivity index (χ4n) is 3.53. The number of benzene rings is 2. The average Bonchev–Trinajstić information content (AvgIpc) is 2.77. The molecule has 0 unspecified atom stereocenters. The van der Waals surface area contributed by atoms with Crippen LogP contribution in [0.3, 0.4) is 0 Å². The summed E-state index contributed by atoms with van der Waals surface area (Å²) in [6.45, 7) is 5.25. The van der Waals surface area contributed by atoms with E-state index < -0.39 is 0 Å². The second-order valence-corrected chi connectivity index (χ2v) is 7.14. The SMILES string of the molecule is O=C(NCCN1CCOCC1)c1ccc(CN2C(=O)COc3ccccc32)cc1. The summed E-state index contributed by atoms with van der Waals surface area (Å²) in [4.78, 5) is 28.7. The normalized spacial score (nSPS) is 16.8. The number of amides is 2. The second-order valence-electron chi connectivity index (χ2n) is 7.14. The van der Waals surface area contributed by atoms with Gasteiger partial charge in [-0.05, 0) is 29.8 Å². The number of anilines is 1. The topological polar surface area (TPSA) is 71.1 Å². The van der Waals surface area contributed by atoms with Crippen molar-refractivity contribution in [3.63, 3.8) is 0 Å². The number of morpholine rings is 1. The summed E-state index contributed by atoms with van der Waals surface area (Å²) in [7, 11) is 0. The molecule has 1 N–H and O–H groups in total. The Hall–Kier alpha value is -2.90. The Morgan fingerprint density at radius 3 is 2.59 bits per heavy atom. The molecule has 0 aliphatic carbocycles. The zero-order valence-electron chi connectivity index (χ0n) is 16.3. The second kappa shape index (κ2) is 9.07. The molecule has 2 aliphatic heterocycles. The van der Waals surface area contributed by atoms with Crippen LogP contribution in [0.4, 0.5) is 5.69 Å². The van der Waals surface area contributed by atoms with Gasteiger partial charge in [-0.1, -0.05) is 24.3 Å². The number of nitrogens with one attached hydrogen (secondary N) is 1. The van der Waals surface area contributed by atoms with Gasteiger partial charge in [0.05, 0.1) is 25.4 Å². The Labute approximate surface area is 170 Å². The Morgan fingerprint density at radius 2 is 1.79 bits per heavy atom. The van der Waals surface area contributed by atoms with Crippen LogP contribution < -0.4 is 15.0 Å². The molecule has 152 valence electrons. The number of fused-ring (bicyclic) bond motifs is 1. The monoisotopic (exact) mass is 395 g/mol. The summed E-state index contributed by atoms with van der Waals surface area (Å²) in [6.07, 6.45) is 0. The van der Waals surface area contributed by atoms with E-state index in [1.165, 1.54) is 0 Å². The van der Waals surface area contributed by atoms with Crippen LogP contribution in [-0.2, 0) is 16.1 Å². The number of ether oxygens (including phenoxy) is 2. The molecule has 0 saturated carbocycles. The summed E-state index contributed by atoms with van der Waals surface area (Å²) in [5.41, 5.74) is 2.35. The van der Waals surface area contributed by atoms with Crippen LogP contribution in [0.2, 0.25) is 0 Å². The molecule has 7 nitrogen and oxygen atoms in total. The molecule has 0 spiro atoms. The minimum Gasteiger partial charge on any atom is -0.482 e. The minimum absolute atomic E-state index is 0.0423. The summed E-state index contributed by atoms with van der Waals surface area (Å²) >= 11 is 0. The fourth-order valence-corrected chi connectivity index (χ4v) is 3.53. The van der Waals surface area contributed by atoms with Crippen molar-refractivity contribution in [2.45, 2.75) is 6.54 Å². The van der Waals surface area contributed by atoms with Crippen molar-refractivity contribution in [3.8, 4) is 5.75 Å². The number of nitrogens with zero attached hydrogens (tertiary/aromatic N) is 2. The van der Waals surface area contributed by atoms with Crippen LogP contribution in [0.25, 0.3) is 0 Å². The molecule has 2 aliphatic rings. The van der Waals surface area contributed by atoms with Crippen LogP contribution in [0.15, 0.2) is 48.5 Å². The quantitative estimate of drug-likeness (QED) is 0.806. The van der Waals surface area contributed by atoms with Crippen molar-refractivity contribution in [2.75, 3.05) is 50.9 Å². The van der Waals surface area contributed by atoms with Crippen LogP contribution >= 0.6 is 0 Å². The van der Waals surface area contributed by atoms with Crippen LogP contribution in [0.5, 0.6) is 5.75 Å². The molecule has 0 atom stereocenters. The van der Waals surface area contributed by atoms with Gasteiger partial charge in [0.25, 0.3) is 11.8 Å².